The number of carbonyl (C=O) groups excluding carboxylic acids is 2. The Morgan fingerprint density at radius 2 is 2.17 bits per heavy atom. The van der Waals surface area contributed by atoms with Gasteiger partial charge in [-0.15, -0.1) is 0 Å². The summed E-state index contributed by atoms with van der Waals surface area (Å²) in [4.78, 5) is 30.6. The number of hydrogen-bond acceptors (Lipinski definition) is 5. The summed E-state index contributed by atoms with van der Waals surface area (Å²) in [6, 6.07) is 1.23. The topological polar surface area (TPSA) is 102 Å². The Morgan fingerprint density at radius 1 is 1.43 bits per heavy atom. The molecule has 2 amide bonds. The minimum absolute atomic E-state index is 0.141. The number of hydrogen-bond donors (Lipinski definition) is 1. The minimum atomic E-state index is -0.548. The van der Waals surface area contributed by atoms with Gasteiger partial charge < -0.3 is 15.2 Å². The summed E-state index contributed by atoms with van der Waals surface area (Å²) in [5.74, 6) is -0.541. The van der Waals surface area contributed by atoms with Crippen molar-refractivity contribution in [2.45, 2.75) is 45.6 Å². The molecule has 1 fully saturated rings. The standard InChI is InChI=1S/C16H20N4O3/c1-8(2)11-7-10(13-9(3)19-23-15(13)18-11)16(22)20-6-4-5-12(20)14(17)21/h7-8,12H,4-6H2,1-3H3,(H2,17,21)/t12-/m1/s1. The molecule has 1 aliphatic rings. The monoisotopic (exact) mass is 316 g/mol. The Balaban J connectivity index is 2.12. The molecule has 1 saturated heterocycles. The second kappa shape index (κ2) is 5.64. The van der Waals surface area contributed by atoms with E-state index < -0.39 is 11.9 Å². The predicted molar refractivity (Wildman–Crippen MR) is 83.9 cm³/mol. The minimum Gasteiger partial charge on any atom is -0.368 e. The highest BCUT2D eigenvalue weighted by Gasteiger charge is 2.34. The van der Waals surface area contributed by atoms with E-state index in [0.717, 1.165) is 12.1 Å². The lowest BCUT2D eigenvalue weighted by Crippen LogP contribution is -2.43. The number of aromatic nitrogens is 2. The van der Waals surface area contributed by atoms with Crippen molar-refractivity contribution in [3.8, 4) is 0 Å². The van der Waals surface area contributed by atoms with Gasteiger partial charge in [-0.05, 0) is 31.7 Å². The molecule has 0 aliphatic carbocycles. The van der Waals surface area contributed by atoms with Crippen molar-refractivity contribution >= 4 is 22.9 Å². The maximum atomic E-state index is 13.0. The summed E-state index contributed by atoms with van der Waals surface area (Å²) in [5, 5.41) is 4.53. The molecule has 2 aromatic rings. The summed E-state index contributed by atoms with van der Waals surface area (Å²) in [7, 11) is 0. The molecule has 3 rings (SSSR count). The molecular weight excluding hydrogens is 296 g/mol. The van der Waals surface area contributed by atoms with Gasteiger partial charge in [-0.1, -0.05) is 19.0 Å². The molecule has 23 heavy (non-hydrogen) atoms. The molecular formula is C16H20N4O3. The molecule has 2 aromatic heterocycles. The van der Waals surface area contributed by atoms with Gasteiger partial charge in [0.2, 0.25) is 5.91 Å². The molecule has 1 atom stereocenters. The van der Waals surface area contributed by atoms with Crippen molar-refractivity contribution in [3.05, 3.63) is 23.0 Å². The van der Waals surface area contributed by atoms with Crippen LogP contribution in [0.25, 0.3) is 11.1 Å². The third kappa shape index (κ3) is 2.56. The number of pyridine rings is 1. The van der Waals surface area contributed by atoms with Crippen LogP contribution in [0.1, 0.15) is 54.4 Å². The average molecular weight is 316 g/mol. The lowest BCUT2D eigenvalue weighted by molar-refractivity contribution is -0.121. The van der Waals surface area contributed by atoms with Crippen LogP contribution in [0.3, 0.4) is 0 Å². The molecule has 122 valence electrons. The second-order valence-electron chi connectivity index (χ2n) is 6.26. The number of primary amides is 1. The molecule has 0 radical (unpaired) electrons. The molecule has 0 unspecified atom stereocenters. The van der Waals surface area contributed by atoms with Gasteiger partial charge in [0.15, 0.2) is 0 Å². The second-order valence-corrected chi connectivity index (χ2v) is 6.26. The van der Waals surface area contributed by atoms with Gasteiger partial charge in [0.25, 0.3) is 11.6 Å². The van der Waals surface area contributed by atoms with Gasteiger partial charge in [-0.2, -0.15) is 0 Å². The smallest absolute Gasteiger partial charge is 0.259 e. The zero-order valence-electron chi connectivity index (χ0n) is 13.5. The van der Waals surface area contributed by atoms with Crippen molar-refractivity contribution in [1.29, 1.82) is 0 Å². The lowest BCUT2D eigenvalue weighted by atomic mass is 10.0. The van der Waals surface area contributed by atoms with Crippen molar-refractivity contribution in [1.82, 2.24) is 15.0 Å². The predicted octanol–water partition coefficient (Wildman–Crippen LogP) is 1.74. The van der Waals surface area contributed by atoms with Crippen LogP contribution >= 0.6 is 0 Å². The quantitative estimate of drug-likeness (QED) is 0.929. The zero-order valence-corrected chi connectivity index (χ0v) is 13.5. The van der Waals surface area contributed by atoms with Crippen LogP contribution in [-0.2, 0) is 4.79 Å². The van der Waals surface area contributed by atoms with E-state index in [1.54, 1.807) is 17.9 Å². The first-order valence-corrected chi connectivity index (χ1v) is 7.77. The Morgan fingerprint density at radius 3 is 2.83 bits per heavy atom. The zero-order chi connectivity index (χ0) is 16.7. The van der Waals surface area contributed by atoms with Crippen LogP contribution < -0.4 is 5.73 Å². The Hall–Kier alpha value is -2.44. The normalized spacial score (nSPS) is 18.1. The molecule has 1 aliphatic heterocycles. The average Bonchev–Trinajstić information content (AvgIpc) is 3.13. The maximum absolute atomic E-state index is 13.0. The van der Waals surface area contributed by atoms with Crippen molar-refractivity contribution in [2.24, 2.45) is 5.73 Å². The fourth-order valence-electron chi connectivity index (χ4n) is 3.04. The van der Waals surface area contributed by atoms with E-state index in [-0.39, 0.29) is 11.8 Å². The number of likely N-dealkylation sites (tertiary alicyclic amines) is 1. The number of nitrogens with zero attached hydrogens (tertiary/aromatic N) is 3. The van der Waals surface area contributed by atoms with Crippen LogP contribution in [0.15, 0.2) is 10.6 Å². The lowest BCUT2D eigenvalue weighted by Gasteiger charge is -2.22. The molecule has 0 aromatic carbocycles. The van der Waals surface area contributed by atoms with E-state index in [0.29, 0.717) is 35.3 Å². The van der Waals surface area contributed by atoms with E-state index in [1.807, 2.05) is 13.8 Å². The maximum Gasteiger partial charge on any atom is 0.259 e. The summed E-state index contributed by atoms with van der Waals surface area (Å²) in [6.45, 7) is 6.29. The first-order chi connectivity index (χ1) is 10.9. The molecule has 3 heterocycles. The summed E-state index contributed by atoms with van der Waals surface area (Å²) in [6.07, 6.45) is 1.38. The largest absolute Gasteiger partial charge is 0.368 e. The summed E-state index contributed by atoms with van der Waals surface area (Å²) >= 11 is 0. The van der Waals surface area contributed by atoms with Gasteiger partial charge >= 0.3 is 0 Å². The highest BCUT2D eigenvalue weighted by molar-refractivity contribution is 6.07. The molecule has 7 nitrogen and oxygen atoms in total. The van der Waals surface area contributed by atoms with Gasteiger partial charge in [-0.3, -0.25) is 9.59 Å². The highest BCUT2D eigenvalue weighted by atomic mass is 16.5. The van der Waals surface area contributed by atoms with E-state index in [1.165, 1.54) is 0 Å². The van der Waals surface area contributed by atoms with Crippen molar-refractivity contribution in [2.75, 3.05) is 6.54 Å². The Labute approximate surface area is 133 Å². The summed E-state index contributed by atoms with van der Waals surface area (Å²) in [5.41, 5.74) is 7.63. The number of rotatable bonds is 3. The molecule has 0 bridgehead atoms. The molecule has 7 heteroatoms. The number of fused-ring (bicyclic) bond motifs is 1. The van der Waals surface area contributed by atoms with Gasteiger partial charge in [0, 0.05) is 12.2 Å². The SMILES string of the molecule is Cc1noc2nc(C(C)C)cc(C(=O)N3CCC[C@@H]3C(N)=O)c12. The fourth-order valence-corrected chi connectivity index (χ4v) is 3.04. The third-order valence-electron chi connectivity index (χ3n) is 4.30. The van der Waals surface area contributed by atoms with Crippen LogP contribution in [0.2, 0.25) is 0 Å². The van der Waals surface area contributed by atoms with E-state index in [4.69, 9.17) is 10.3 Å². The first kappa shape index (κ1) is 15.5. The van der Waals surface area contributed by atoms with E-state index >= 15 is 0 Å². The molecule has 0 spiro atoms. The summed E-state index contributed by atoms with van der Waals surface area (Å²) < 4.78 is 5.24. The van der Waals surface area contributed by atoms with Crippen LogP contribution in [-0.4, -0.2) is 39.4 Å². The fraction of sp³-hybridized carbons (Fsp3) is 0.500. The van der Waals surface area contributed by atoms with Gasteiger partial charge in [-0.25, -0.2) is 4.98 Å². The molecule has 2 N–H and O–H groups in total. The Bertz CT molecular complexity index is 781. The number of nitrogens with two attached hydrogens (primary N) is 1. The highest BCUT2D eigenvalue weighted by Crippen LogP contribution is 2.28. The van der Waals surface area contributed by atoms with Crippen molar-refractivity contribution in [3.63, 3.8) is 0 Å². The van der Waals surface area contributed by atoms with E-state index in [2.05, 4.69) is 10.1 Å². The first-order valence-electron chi connectivity index (χ1n) is 7.77. The Kier molecular flexibility index (Phi) is 3.79. The van der Waals surface area contributed by atoms with Crippen molar-refractivity contribution < 1.29 is 14.1 Å². The third-order valence-corrected chi connectivity index (χ3v) is 4.30. The van der Waals surface area contributed by atoms with Crippen LogP contribution in [0.5, 0.6) is 0 Å². The number of aryl methyl sites for hydroxylation is 1. The number of amides is 2. The number of carbonyl (C=O) groups is 2. The van der Waals surface area contributed by atoms with Crippen LogP contribution in [0, 0.1) is 6.92 Å². The van der Waals surface area contributed by atoms with E-state index in [9.17, 15) is 9.59 Å². The van der Waals surface area contributed by atoms with Crippen LogP contribution in [0.4, 0.5) is 0 Å². The van der Waals surface area contributed by atoms with Gasteiger partial charge in [0.1, 0.15) is 6.04 Å². The van der Waals surface area contributed by atoms with Gasteiger partial charge in [0.05, 0.1) is 16.6 Å². The molecule has 0 saturated carbocycles.